The lowest BCUT2D eigenvalue weighted by Gasteiger charge is -2.35. The highest BCUT2D eigenvalue weighted by atomic mass is 19.1. The van der Waals surface area contributed by atoms with Crippen LogP contribution in [0.25, 0.3) is 0 Å². The summed E-state index contributed by atoms with van der Waals surface area (Å²) in [5.74, 6) is 0.613. The third-order valence-electron chi connectivity index (χ3n) is 5.64. The first-order valence-corrected chi connectivity index (χ1v) is 9.59. The van der Waals surface area contributed by atoms with Crippen LogP contribution in [0.3, 0.4) is 0 Å². The first-order chi connectivity index (χ1) is 12.1. The van der Waals surface area contributed by atoms with Crippen molar-refractivity contribution in [2.45, 2.75) is 45.2 Å². The SMILES string of the molecule is CC1CCCCC1NC(=O)CN1CCN(Cc2ccccc2F)CC1. The Bertz CT molecular complexity index is 572. The molecule has 1 aliphatic carbocycles. The maximum atomic E-state index is 13.8. The van der Waals surface area contributed by atoms with Gasteiger partial charge in [-0.15, -0.1) is 0 Å². The lowest BCUT2D eigenvalue weighted by molar-refractivity contribution is -0.124. The average molecular weight is 347 g/mol. The van der Waals surface area contributed by atoms with E-state index >= 15 is 0 Å². The lowest BCUT2D eigenvalue weighted by Crippen LogP contribution is -2.51. The van der Waals surface area contributed by atoms with Gasteiger partial charge in [-0.3, -0.25) is 14.6 Å². The third-order valence-corrected chi connectivity index (χ3v) is 5.64. The highest BCUT2D eigenvalue weighted by molar-refractivity contribution is 5.78. The summed E-state index contributed by atoms with van der Waals surface area (Å²) >= 11 is 0. The molecule has 2 atom stereocenters. The summed E-state index contributed by atoms with van der Waals surface area (Å²) in [7, 11) is 0. The van der Waals surface area contributed by atoms with E-state index in [2.05, 4.69) is 22.0 Å². The van der Waals surface area contributed by atoms with Gasteiger partial charge < -0.3 is 5.32 Å². The van der Waals surface area contributed by atoms with Crippen LogP contribution in [0.15, 0.2) is 24.3 Å². The van der Waals surface area contributed by atoms with E-state index in [1.165, 1.54) is 25.3 Å². The highest BCUT2D eigenvalue weighted by Gasteiger charge is 2.24. The molecule has 1 aromatic carbocycles. The molecule has 1 heterocycles. The van der Waals surface area contributed by atoms with E-state index in [1.807, 2.05) is 12.1 Å². The topological polar surface area (TPSA) is 35.6 Å². The monoisotopic (exact) mass is 347 g/mol. The maximum Gasteiger partial charge on any atom is 0.234 e. The van der Waals surface area contributed by atoms with Gasteiger partial charge in [-0.25, -0.2) is 4.39 Å². The number of rotatable bonds is 5. The molecule has 1 saturated carbocycles. The van der Waals surface area contributed by atoms with Gasteiger partial charge >= 0.3 is 0 Å². The Morgan fingerprint density at radius 1 is 1.12 bits per heavy atom. The normalized spacial score (nSPS) is 25.7. The Labute approximate surface area is 150 Å². The Morgan fingerprint density at radius 3 is 2.52 bits per heavy atom. The van der Waals surface area contributed by atoms with Gasteiger partial charge in [-0.2, -0.15) is 0 Å². The van der Waals surface area contributed by atoms with Crippen LogP contribution in [0.5, 0.6) is 0 Å². The molecule has 0 bridgehead atoms. The number of hydrogen-bond donors (Lipinski definition) is 1. The predicted molar refractivity (Wildman–Crippen MR) is 97.7 cm³/mol. The fourth-order valence-electron chi connectivity index (χ4n) is 3.96. The standard InChI is InChI=1S/C20H30FN3O/c1-16-6-2-5-9-19(16)22-20(25)15-24-12-10-23(11-13-24)14-17-7-3-4-8-18(17)21/h3-4,7-8,16,19H,2,5-6,9-15H2,1H3,(H,22,25). The Morgan fingerprint density at radius 2 is 1.80 bits per heavy atom. The second-order valence-electron chi connectivity index (χ2n) is 7.58. The molecule has 1 N–H and O–H groups in total. The predicted octanol–water partition coefficient (Wildman–Crippen LogP) is 2.64. The molecule has 1 amide bonds. The fraction of sp³-hybridized carbons (Fsp3) is 0.650. The Hall–Kier alpha value is -1.46. The van der Waals surface area contributed by atoms with Gasteiger partial charge in [-0.1, -0.05) is 38.0 Å². The van der Waals surface area contributed by atoms with Crippen molar-refractivity contribution in [3.8, 4) is 0 Å². The van der Waals surface area contributed by atoms with Crippen LogP contribution in [-0.4, -0.2) is 54.5 Å². The zero-order chi connectivity index (χ0) is 17.6. The van der Waals surface area contributed by atoms with Gasteiger partial charge in [0.1, 0.15) is 5.82 Å². The molecule has 1 saturated heterocycles. The molecular weight excluding hydrogens is 317 g/mol. The molecule has 0 aromatic heterocycles. The number of carbonyl (C=O) groups is 1. The van der Waals surface area contributed by atoms with Gasteiger partial charge in [0.2, 0.25) is 5.91 Å². The quantitative estimate of drug-likeness (QED) is 0.889. The van der Waals surface area contributed by atoms with Crippen molar-refractivity contribution in [2.24, 2.45) is 5.92 Å². The zero-order valence-corrected chi connectivity index (χ0v) is 15.2. The first-order valence-electron chi connectivity index (χ1n) is 9.59. The van der Waals surface area contributed by atoms with E-state index in [9.17, 15) is 9.18 Å². The fourth-order valence-corrected chi connectivity index (χ4v) is 3.96. The van der Waals surface area contributed by atoms with Gasteiger partial charge in [0.25, 0.3) is 0 Å². The minimum atomic E-state index is -0.133. The summed E-state index contributed by atoms with van der Waals surface area (Å²) in [6, 6.07) is 7.32. The molecule has 1 aliphatic heterocycles. The number of amides is 1. The molecule has 4 nitrogen and oxygen atoms in total. The van der Waals surface area contributed by atoms with E-state index < -0.39 is 0 Å². The summed E-state index contributed by atoms with van der Waals surface area (Å²) in [4.78, 5) is 16.8. The maximum absolute atomic E-state index is 13.8. The average Bonchev–Trinajstić information content (AvgIpc) is 2.61. The third kappa shape index (κ3) is 5.25. The van der Waals surface area contributed by atoms with Crippen LogP contribution in [0, 0.1) is 11.7 Å². The van der Waals surface area contributed by atoms with Crippen LogP contribution in [-0.2, 0) is 11.3 Å². The van der Waals surface area contributed by atoms with E-state index in [-0.39, 0.29) is 11.7 Å². The van der Waals surface area contributed by atoms with Crippen LogP contribution >= 0.6 is 0 Å². The lowest BCUT2D eigenvalue weighted by atomic mass is 9.86. The number of hydrogen-bond acceptors (Lipinski definition) is 3. The molecule has 0 radical (unpaired) electrons. The number of carbonyl (C=O) groups excluding carboxylic acids is 1. The van der Waals surface area contributed by atoms with Crippen molar-refractivity contribution < 1.29 is 9.18 Å². The van der Waals surface area contributed by atoms with Gasteiger partial charge in [-0.05, 0) is 24.8 Å². The molecule has 1 aromatic rings. The van der Waals surface area contributed by atoms with Gasteiger partial charge in [0, 0.05) is 44.3 Å². The number of halogens is 1. The van der Waals surface area contributed by atoms with Gasteiger partial charge in [0.05, 0.1) is 6.54 Å². The summed E-state index contributed by atoms with van der Waals surface area (Å²) in [5.41, 5.74) is 0.750. The molecule has 5 heteroatoms. The minimum Gasteiger partial charge on any atom is -0.352 e. The first kappa shape index (κ1) is 18.3. The summed E-state index contributed by atoms with van der Waals surface area (Å²) in [5, 5.41) is 3.23. The molecular formula is C20H30FN3O. The molecule has 3 rings (SSSR count). The molecule has 25 heavy (non-hydrogen) atoms. The van der Waals surface area contributed by atoms with Crippen LogP contribution in [0.1, 0.15) is 38.2 Å². The second kappa shape index (κ2) is 8.77. The van der Waals surface area contributed by atoms with E-state index in [0.29, 0.717) is 25.0 Å². The van der Waals surface area contributed by atoms with Crippen molar-refractivity contribution in [2.75, 3.05) is 32.7 Å². The summed E-state index contributed by atoms with van der Waals surface area (Å²) in [6.45, 7) is 6.85. The molecule has 2 fully saturated rings. The van der Waals surface area contributed by atoms with Crippen molar-refractivity contribution in [1.29, 1.82) is 0 Å². The Kier molecular flexibility index (Phi) is 6.43. The van der Waals surface area contributed by atoms with Gasteiger partial charge in [0.15, 0.2) is 0 Å². The minimum absolute atomic E-state index is 0.133. The number of nitrogens with zero attached hydrogens (tertiary/aromatic N) is 2. The summed E-state index contributed by atoms with van der Waals surface area (Å²) < 4.78 is 13.8. The Balaban J connectivity index is 1.40. The number of piperazine rings is 1. The van der Waals surface area contributed by atoms with Crippen LogP contribution < -0.4 is 5.32 Å². The van der Waals surface area contributed by atoms with Crippen molar-refractivity contribution >= 4 is 5.91 Å². The van der Waals surface area contributed by atoms with E-state index in [0.717, 1.165) is 38.2 Å². The highest BCUT2D eigenvalue weighted by Crippen LogP contribution is 2.23. The zero-order valence-electron chi connectivity index (χ0n) is 15.2. The van der Waals surface area contributed by atoms with Crippen LogP contribution in [0.2, 0.25) is 0 Å². The second-order valence-corrected chi connectivity index (χ2v) is 7.58. The summed E-state index contributed by atoms with van der Waals surface area (Å²) in [6.07, 6.45) is 4.85. The molecule has 2 aliphatic rings. The molecule has 0 spiro atoms. The van der Waals surface area contributed by atoms with Crippen molar-refractivity contribution in [3.05, 3.63) is 35.6 Å². The smallest absolute Gasteiger partial charge is 0.234 e. The van der Waals surface area contributed by atoms with E-state index in [4.69, 9.17) is 0 Å². The molecule has 2 unspecified atom stereocenters. The van der Waals surface area contributed by atoms with Crippen molar-refractivity contribution in [1.82, 2.24) is 15.1 Å². The van der Waals surface area contributed by atoms with Crippen molar-refractivity contribution in [3.63, 3.8) is 0 Å². The number of benzene rings is 1. The largest absolute Gasteiger partial charge is 0.352 e. The molecule has 138 valence electrons. The van der Waals surface area contributed by atoms with E-state index in [1.54, 1.807) is 6.07 Å². The van der Waals surface area contributed by atoms with Crippen LogP contribution in [0.4, 0.5) is 4.39 Å². The number of nitrogens with one attached hydrogen (secondary N) is 1.